The van der Waals surface area contributed by atoms with E-state index in [0.29, 0.717) is 17.4 Å². The summed E-state index contributed by atoms with van der Waals surface area (Å²) in [7, 11) is 1.50. The quantitative estimate of drug-likeness (QED) is 0.0205. The molecule has 0 rings (SSSR count). The van der Waals surface area contributed by atoms with Gasteiger partial charge in [0.1, 0.15) is 19.3 Å². The molecular weight excluding hydrogens is 1040 g/mol. The van der Waals surface area contributed by atoms with Crippen LogP contribution >= 0.6 is 7.82 Å². The van der Waals surface area contributed by atoms with Crippen molar-refractivity contribution in [1.82, 2.24) is 5.32 Å². The number of nitrogens with zero attached hydrogens (tertiary/aromatic N) is 1. The number of nitrogens with one attached hydrogen (secondary N) is 1. The number of ether oxygens (including phenoxy) is 1. The molecule has 0 aliphatic rings. The highest BCUT2D eigenvalue weighted by molar-refractivity contribution is 7.47. The zero-order valence-electron chi connectivity index (χ0n) is 55.0. The second kappa shape index (κ2) is 61.8. The molecule has 0 aliphatic heterocycles. The number of carbonyl (C=O) groups is 2. The van der Waals surface area contributed by atoms with Gasteiger partial charge < -0.3 is 19.4 Å². The molecule has 82 heavy (non-hydrogen) atoms. The van der Waals surface area contributed by atoms with E-state index in [2.05, 4.69) is 74.7 Å². The van der Waals surface area contributed by atoms with Crippen molar-refractivity contribution in [3.05, 3.63) is 60.8 Å². The molecule has 0 heterocycles. The van der Waals surface area contributed by atoms with Gasteiger partial charge in [-0.1, -0.05) is 287 Å². The molecule has 480 valence electrons. The van der Waals surface area contributed by atoms with Gasteiger partial charge in [-0.25, -0.2) is 4.57 Å². The van der Waals surface area contributed by atoms with E-state index < -0.39 is 20.0 Å². The minimum Gasteiger partial charge on any atom is -0.456 e. The van der Waals surface area contributed by atoms with Crippen molar-refractivity contribution in [3.8, 4) is 0 Å². The van der Waals surface area contributed by atoms with Crippen molar-refractivity contribution in [2.45, 2.75) is 348 Å². The van der Waals surface area contributed by atoms with Crippen molar-refractivity contribution in [2.75, 3.05) is 40.9 Å². The van der Waals surface area contributed by atoms with Gasteiger partial charge in [0, 0.05) is 12.8 Å². The van der Waals surface area contributed by atoms with Crippen LogP contribution in [0.4, 0.5) is 0 Å². The average Bonchev–Trinajstić information content (AvgIpc) is 3.45. The van der Waals surface area contributed by atoms with Gasteiger partial charge in [-0.05, 0) is 96.0 Å². The third-order valence-corrected chi connectivity index (χ3v) is 16.7. The molecule has 0 spiro atoms. The van der Waals surface area contributed by atoms with E-state index in [1.807, 2.05) is 33.3 Å². The number of likely N-dealkylation sites (N-methyl/N-ethyl adjacent to an activating group) is 1. The molecule has 9 nitrogen and oxygen atoms in total. The summed E-state index contributed by atoms with van der Waals surface area (Å²) in [6.45, 7) is 7.01. The summed E-state index contributed by atoms with van der Waals surface area (Å²) in [5, 5.41) is 3.07. The molecule has 0 aromatic heterocycles. The van der Waals surface area contributed by atoms with Gasteiger partial charge >= 0.3 is 13.8 Å². The second-order valence-electron chi connectivity index (χ2n) is 25.0. The normalized spacial score (nSPS) is 13.9. The van der Waals surface area contributed by atoms with Crippen molar-refractivity contribution in [1.29, 1.82) is 0 Å². The molecule has 0 aromatic carbocycles. The Morgan fingerprint density at radius 2 is 0.744 bits per heavy atom. The molecule has 2 N–H and O–H groups in total. The number of amides is 1. The van der Waals surface area contributed by atoms with E-state index >= 15 is 0 Å². The maximum absolute atomic E-state index is 13.6. The summed E-state index contributed by atoms with van der Waals surface area (Å²) < 4.78 is 30.8. The lowest BCUT2D eigenvalue weighted by Crippen LogP contribution is -2.47. The molecule has 10 heteroatoms. The molecule has 0 aromatic rings. The monoisotopic (exact) mass is 1170 g/mol. The summed E-state index contributed by atoms with van der Waals surface area (Å²) in [5.74, 6) is -0.504. The number of phosphoric acid groups is 1. The minimum atomic E-state index is -4.45. The van der Waals surface area contributed by atoms with Gasteiger partial charge in [-0.2, -0.15) is 0 Å². The number of allylic oxidation sites excluding steroid dienone is 9. The fraction of sp³-hybridized carbons (Fsp3) is 0.833. The lowest BCUT2D eigenvalue weighted by Gasteiger charge is -2.27. The van der Waals surface area contributed by atoms with Crippen LogP contribution in [0, 0.1) is 0 Å². The van der Waals surface area contributed by atoms with E-state index in [0.717, 1.165) is 89.9 Å². The van der Waals surface area contributed by atoms with Gasteiger partial charge in [-0.3, -0.25) is 18.6 Å². The summed E-state index contributed by atoms with van der Waals surface area (Å²) in [6, 6.07) is -0.853. The van der Waals surface area contributed by atoms with Gasteiger partial charge in [0.2, 0.25) is 5.91 Å². The highest BCUT2D eigenvalue weighted by Gasteiger charge is 2.30. The Hall–Kier alpha value is -2.29. The van der Waals surface area contributed by atoms with Crippen LogP contribution in [0.5, 0.6) is 0 Å². The van der Waals surface area contributed by atoms with Crippen LogP contribution in [-0.2, 0) is 27.9 Å². The zero-order chi connectivity index (χ0) is 60.0. The first-order valence-electron chi connectivity index (χ1n) is 35.1. The first-order chi connectivity index (χ1) is 39.9. The Morgan fingerprint density at radius 3 is 1.15 bits per heavy atom. The Bertz CT molecular complexity index is 1590. The molecule has 0 bridgehead atoms. The summed E-state index contributed by atoms with van der Waals surface area (Å²) >= 11 is 0. The maximum Gasteiger partial charge on any atom is 0.472 e. The largest absolute Gasteiger partial charge is 0.472 e. The Balaban J connectivity index is 5.06. The lowest BCUT2D eigenvalue weighted by molar-refractivity contribution is -0.870. The number of carbonyl (C=O) groups excluding carboxylic acids is 2. The van der Waals surface area contributed by atoms with Crippen LogP contribution in [0.2, 0.25) is 0 Å². The molecular formula is C72H136N2O7P+. The van der Waals surface area contributed by atoms with Gasteiger partial charge in [-0.15, -0.1) is 0 Å². The van der Waals surface area contributed by atoms with Crippen LogP contribution in [-0.4, -0.2) is 74.3 Å². The number of hydrogen-bond acceptors (Lipinski definition) is 6. The predicted octanol–water partition coefficient (Wildman–Crippen LogP) is 22.2. The van der Waals surface area contributed by atoms with Crippen LogP contribution in [0.3, 0.4) is 0 Å². The topological polar surface area (TPSA) is 111 Å². The number of quaternary nitrogens is 1. The van der Waals surface area contributed by atoms with E-state index in [9.17, 15) is 19.0 Å². The summed E-state index contributed by atoms with van der Waals surface area (Å²) in [6.07, 6.45) is 79.4. The van der Waals surface area contributed by atoms with Crippen LogP contribution in [0.1, 0.15) is 335 Å². The molecule has 0 radical (unpaired) electrons. The summed E-state index contributed by atoms with van der Waals surface area (Å²) in [5.41, 5.74) is 0. The summed E-state index contributed by atoms with van der Waals surface area (Å²) in [4.78, 5) is 37.9. The average molecular weight is 1170 g/mol. The molecule has 0 aliphatic carbocycles. The number of esters is 1. The van der Waals surface area contributed by atoms with E-state index in [1.54, 1.807) is 0 Å². The lowest BCUT2D eigenvalue weighted by atomic mass is 10.0. The third-order valence-electron chi connectivity index (χ3n) is 15.7. The Labute approximate surface area is 509 Å². The first-order valence-corrected chi connectivity index (χ1v) is 36.6. The smallest absolute Gasteiger partial charge is 0.456 e. The number of hydrogen-bond donors (Lipinski definition) is 2. The number of phosphoric ester groups is 1. The molecule has 3 atom stereocenters. The number of rotatable bonds is 64. The van der Waals surface area contributed by atoms with Gasteiger partial charge in [0.25, 0.3) is 0 Å². The standard InChI is InChI=1S/C72H135N2O7P/c1-7-10-13-16-19-22-25-28-30-32-33-34-35-36-37-38-39-40-41-42-44-47-50-53-56-59-62-65-72(76)81-70(63-60-57-54-51-48-45-27-24-21-18-15-12-9-3)69(68-80-82(77,78)79-67-66-74(4,5)6)73-71(75)64-61-58-55-52-49-46-43-31-29-26-23-20-17-14-11-8-2/h19,22,28,30-31,33-34,43,60,63,69-70H,7-18,20-21,23-27,29,32,35-42,44-59,61-62,64-68H2,1-6H3,(H-,73,75,77,78)/p+1/b22-19-,30-28-,34-33-,43-31+,63-60-. The highest BCUT2D eigenvalue weighted by Crippen LogP contribution is 2.43. The first kappa shape index (κ1) is 79.7. The Kier molecular flexibility index (Phi) is 60.1. The van der Waals surface area contributed by atoms with Crippen molar-refractivity contribution >= 4 is 19.7 Å². The zero-order valence-corrected chi connectivity index (χ0v) is 55.9. The van der Waals surface area contributed by atoms with Crippen LogP contribution < -0.4 is 5.32 Å². The van der Waals surface area contributed by atoms with Gasteiger partial charge in [0.05, 0.1) is 33.8 Å². The highest BCUT2D eigenvalue weighted by atomic mass is 31.2. The van der Waals surface area contributed by atoms with E-state index in [4.69, 9.17) is 13.8 Å². The molecule has 0 saturated heterocycles. The van der Waals surface area contributed by atoms with Crippen molar-refractivity contribution in [2.24, 2.45) is 0 Å². The van der Waals surface area contributed by atoms with E-state index in [1.165, 1.54) is 212 Å². The second-order valence-corrected chi connectivity index (χ2v) is 26.5. The van der Waals surface area contributed by atoms with E-state index in [-0.39, 0.29) is 31.5 Å². The minimum absolute atomic E-state index is 0.0389. The fourth-order valence-electron chi connectivity index (χ4n) is 10.2. The molecule has 3 unspecified atom stereocenters. The third kappa shape index (κ3) is 62.2. The molecule has 1 amide bonds. The maximum atomic E-state index is 13.6. The van der Waals surface area contributed by atoms with Gasteiger partial charge in [0.15, 0.2) is 0 Å². The van der Waals surface area contributed by atoms with Crippen LogP contribution in [0.25, 0.3) is 0 Å². The number of unbranched alkanes of at least 4 members (excludes halogenated alkanes) is 40. The fourth-order valence-corrected chi connectivity index (χ4v) is 11.0. The van der Waals surface area contributed by atoms with Crippen LogP contribution in [0.15, 0.2) is 60.8 Å². The predicted molar refractivity (Wildman–Crippen MR) is 355 cm³/mol. The Morgan fingerprint density at radius 1 is 0.427 bits per heavy atom. The van der Waals surface area contributed by atoms with Crippen molar-refractivity contribution in [3.63, 3.8) is 0 Å². The van der Waals surface area contributed by atoms with Crippen molar-refractivity contribution < 1.29 is 37.3 Å². The SMILES string of the molecule is CCCCC/C=C\C/C=C\C/C=C\CCCCCCCCCCCCCCCCC(=O)OC(/C=C\CCCCCCCCCCCCC)C(COP(=O)(O)OCC[N+](C)(C)C)NC(=O)CCCCCCC/C=C/CCCCCCCCC. The molecule has 0 fully saturated rings. The molecule has 0 saturated carbocycles.